The van der Waals surface area contributed by atoms with Crippen LogP contribution in [0.1, 0.15) is 18.9 Å². The van der Waals surface area contributed by atoms with Gasteiger partial charge in [0.25, 0.3) is 5.69 Å². The van der Waals surface area contributed by atoms with E-state index >= 15 is 0 Å². The summed E-state index contributed by atoms with van der Waals surface area (Å²) < 4.78 is 13.2. The first kappa shape index (κ1) is 12.1. The zero-order valence-electron chi connectivity index (χ0n) is 8.70. The molecule has 1 aromatic carbocycles. The van der Waals surface area contributed by atoms with E-state index in [1.807, 2.05) is 0 Å². The summed E-state index contributed by atoms with van der Waals surface area (Å²) in [5.41, 5.74) is -0.0850. The van der Waals surface area contributed by atoms with Crippen LogP contribution in [-0.4, -0.2) is 10.8 Å². The Morgan fingerprint density at radius 3 is 2.81 bits per heavy atom. The Kier molecular flexibility index (Phi) is 3.93. The van der Waals surface area contributed by atoms with Crippen molar-refractivity contribution in [1.82, 2.24) is 5.32 Å². The van der Waals surface area contributed by atoms with Gasteiger partial charge in [-0.25, -0.2) is 4.39 Å². The van der Waals surface area contributed by atoms with Gasteiger partial charge in [-0.2, -0.15) is 0 Å². The number of rotatable bonds is 4. The van der Waals surface area contributed by atoms with Gasteiger partial charge in [-0.3, -0.25) is 14.9 Å². The van der Waals surface area contributed by atoms with Crippen molar-refractivity contribution in [2.75, 3.05) is 0 Å². The number of nitrogens with one attached hydrogen (secondary N) is 1. The Labute approximate surface area is 91.4 Å². The summed E-state index contributed by atoms with van der Waals surface area (Å²) in [5.74, 6) is -0.798. The molecule has 1 rings (SSSR count). The molecule has 0 radical (unpaired) electrons. The maximum absolute atomic E-state index is 13.2. The predicted molar refractivity (Wildman–Crippen MR) is 55.2 cm³/mol. The van der Waals surface area contributed by atoms with Crippen LogP contribution in [-0.2, 0) is 11.3 Å². The molecule has 1 N–H and O–H groups in total. The quantitative estimate of drug-likeness (QED) is 0.628. The molecule has 16 heavy (non-hydrogen) atoms. The minimum absolute atomic E-state index is 0.0415. The van der Waals surface area contributed by atoms with E-state index in [0.717, 1.165) is 18.2 Å². The smallest absolute Gasteiger partial charge is 0.269 e. The number of carbonyl (C=O) groups excluding carboxylic acids is 1. The molecule has 0 aliphatic carbocycles. The van der Waals surface area contributed by atoms with Crippen molar-refractivity contribution in [3.8, 4) is 0 Å². The first-order valence-electron chi connectivity index (χ1n) is 4.74. The van der Waals surface area contributed by atoms with Crippen LogP contribution in [0.25, 0.3) is 0 Å². The fourth-order valence-corrected chi connectivity index (χ4v) is 1.13. The highest BCUT2D eigenvalue weighted by atomic mass is 19.1. The molecular weight excluding hydrogens is 215 g/mol. The number of non-ortho nitro benzene ring substituents is 1. The molecular formula is C10H11FN2O3. The van der Waals surface area contributed by atoms with Gasteiger partial charge >= 0.3 is 0 Å². The normalized spacial score (nSPS) is 9.88. The third kappa shape index (κ3) is 3.01. The Morgan fingerprint density at radius 1 is 1.56 bits per heavy atom. The van der Waals surface area contributed by atoms with Gasteiger partial charge in [0.05, 0.1) is 4.92 Å². The lowest BCUT2D eigenvalue weighted by Gasteiger charge is -2.04. The molecule has 0 aromatic heterocycles. The molecule has 0 aliphatic rings. The van der Waals surface area contributed by atoms with Crippen molar-refractivity contribution < 1.29 is 14.1 Å². The lowest BCUT2D eigenvalue weighted by molar-refractivity contribution is -0.385. The SMILES string of the molecule is CCC(=O)NCc1cc([N+](=O)[O-])ccc1F. The summed E-state index contributed by atoms with van der Waals surface area (Å²) in [6.07, 6.45) is 0.288. The third-order valence-corrected chi connectivity index (χ3v) is 2.04. The van der Waals surface area contributed by atoms with Gasteiger partial charge < -0.3 is 5.32 Å². The van der Waals surface area contributed by atoms with E-state index in [9.17, 15) is 19.3 Å². The van der Waals surface area contributed by atoms with Crippen LogP contribution in [0.2, 0.25) is 0 Å². The van der Waals surface area contributed by atoms with Crippen LogP contribution in [0, 0.1) is 15.9 Å². The minimum Gasteiger partial charge on any atom is -0.352 e. The Hall–Kier alpha value is -1.98. The average Bonchev–Trinajstić information content (AvgIpc) is 2.27. The molecule has 86 valence electrons. The first-order chi connectivity index (χ1) is 7.54. The number of nitro benzene ring substituents is 1. The number of nitro groups is 1. The lowest BCUT2D eigenvalue weighted by Crippen LogP contribution is -2.22. The molecule has 1 amide bonds. The third-order valence-electron chi connectivity index (χ3n) is 2.04. The molecule has 5 nitrogen and oxygen atoms in total. The second-order valence-electron chi connectivity index (χ2n) is 3.16. The van der Waals surface area contributed by atoms with Crippen LogP contribution in [0.15, 0.2) is 18.2 Å². The molecule has 0 unspecified atom stereocenters. The lowest BCUT2D eigenvalue weighted by atomic mass is 10.2. The molecule has 6 heteroatoms. The molecule has 0 bridgehead atoms. The van der Waals surface area contributed by atoms with Crippen LogP contribution in [0.3, 0.4) is 0 Å². The highest BCUT2D eigenvalue weighted by Gasteiger charge is 2.11. The van der Waals surface area contributed by atoms with E-state index in [2.05, 4.69) is 5.32 Å². The monoisotopic (exact) mass is 226 g/mol. The average molecular weight is 226 g/mol. The molecule has 0 heterocycles. The van der Waals surface area contributed by atoms with Crippen LogP contribution < -0.4 is 5.32 Å². The minimum atomic E-state index is -0.607. The van der Waals surface area contributed by atoms with Crippen molar-refractivity contribution in [2.45, 2.75) is 19.9 Å². The van der Waals surface area contributed by atoms with Gasteiger partial charge in [-0.15, -0.1) is 0 Å². The summed E-state index contributed by atoms with van der Waals surface area (Å²) in [6, 6.07) is 3.22. The van der Waals surface area contributed by atoms with Crippen molar-refractivity contribution >= 4 is 11.6 Å². The highest BCUT2D eigenvalue weighted by Crippen LogP contribution is 2.16. The molecule has 0 spiro atoms. The fraction of sp³-hybridized carbons (Fsp3) is 0.300. The van der Waals surface area contributed by atoms with Gasteiger partial charge in [-0.1, -0.05) is 6.92 Å². The summed E-state index contributed by atoms with van der Waals surface area (Å²) in [4.78, 5) is 20.8. The fourth-order valence-electron chi connectivity index (χ4n) is 1.13. The molecule has 0 aliphatic heterocycles. The molecule has 0 saturated heterocycles. The molecule has 1 aromatic rings. The number of halogens is 1. The summed E-state index contributed by atoms with van der Waals surface area (Å²) >= 11 is 0. The summed E-state index contributed by atoms with van der Waals surface area (Å²) in [5, 5.41) is 12.9. The van der Waals surface area contributed by atoms with Crippen LogP contribution >= 0.6 is 0 Å². The van der Waals surface area contributed by atoms with Gasteiger partial charge in [0.1, 0.15) is 5.82 Å². The Bertz CT molecular complexity index is 421. The van der Waals surface area contributed by atoms with E-state index in [0.29, 0.717) is 0 Å². The summed E-state index contributed by atoms with van der Waals surface area (Å²) in [6.45, 7) is 1.62. The second-order valence-corrected chi connectivity index (χ2v) is 3.16. The maximum Gasteiger partial charge on any atom is 0.269 e. The van der Waals surface area contributed by atoms with E-state index in [1.54, 1.807) is 6.92 Å². The second kappa shape index (κ2) is 5.20. The van der Waals surface area contributed by atoms with Gasteiger partial charge in [0.2, 0.25) is 5.91 Å². The van der Waals surface area contributed by atoms with E-state index in [1.165, 1.54) is 0 Å². The van der Waals surface area contributed by atoms with Crippen LogP contribution in [0.5, 0.6) is 0 Å². The standard InChI is InChI=1S/C10H11FN2O3/c1-2-10(14)12-6-7-5-8(13(15)16)3-4-9(7)11/h3-5H,2,6H2,1H3,(H,12,14). The largest absolute Gasteiger partial charge is 0.352 e. The number of hydrogen-bond acceptors (Lipinski definition) is 3. The predicted octanol–water partition coefficient (Wildman–Crippen LogP) is 1.76. The highest BCUT2D eigenvalue weighted by molar-refractivity contribution is 5.75. The number of benzene rings is 1. The molecule has 0 saturated carbocycles. The zero-order chi connectivity index (χ0) is 12.1. The number of hydrogen-bond donors (Lipinski definition) is 1. The van der Waals surface area contributed by atoms with Crippen molar-refractivity contribution in [1.29, 1.82) is 0 Å². The topological polar surface area (TPSA) is 72.2 Å². The van der Waals surface area contributed by atoms with E-state index < -0.39 is 10.7 Å². The summed E-state index contributed by atoms with van der Waals surface area (Å²) in [7, 11) is 0. The number of nitrogens with zero attached hydrogens (tertiary/aromatic N) is 1. The van der Waals surface area contributed by atoms with Gasteiger partial charge in [-0.05, 0) is 6.07 Å². The first-order valence-corrected chi connectivity index (χ1v) is 4.74. The Balaban J connectivity index is 2.82. The van der Waals surface area contributed by atoms with E-state index in [4.69, 9.17) is 0 Å². The Morgan fingerprint density at radius 2 is 2.25 bits per heavy atom. The molecule has 0 fully saturated rings. The van der Waals surface area contributed by atoms with Crippen molar-refractivity contribution in [2.24, 2.45) is 0 Å². The number of amides is 1. The number of carbonyl (C=O) groups is 1. The van der Waals surface area contributed by atoms with E-state index in [-0.39, 0.29) is 30.1 Å². The maximum atomic E-state index is 13.2. The van der Waals surface area contributed by atoms with Gasteiger partial charge in [0, 0.05) is 30.7 Å². The molecule has 0 atom stereocenters. The zero-order valence-corrected chi connectivity index (χ0v) is 8.70. The van der Waals surface area contributed by atoms with Crippen molar-refractivity contribution in [3.05, 3.63) is 39.7 Å². The van der Waals surface area contributed by atoms with Crippen molar-refractivity contribution in [3.63, 3.8) is 0 Å². The van der Waals surface area contributed by atoms with Crippen LogP contribution in [0.4, 0.5) is 10.1 Å². The van der Waals surface area contributed by atoms with Gasteiger partial charge in [0.15, 0.2) is 0 Å².